The number of rotatable bonds is 4. The first kappa shape index (κ1) is 17.4. The molecule has 128 valence electrons. The second kappa shape index (κ2) is 7.06. The van der Waals surface area contributed by atoms with E-state index in [1.807, 2.05) is 0 Å². The van der Waals surface area contributed by atoms with Gasteiger partial charge in [-0.2, -0.15) is 13.2 Å². The van der Waals surface area contributed by atoms with E-state index >= 15 is 0 Å². The quantitative estimate of drug-likeness (QED) is 0.782. The van der Waals surface area contributed by atoms with Crippen LogP contribution >= 0.6 is 0 Å². The summed E-state index contributed by atoms with van der Waals surface area (Å²) in [6, 6.07) is -0.323. The van der Waals surface area contributed by atoms with Crippen LogP contribution in [0.5, 0.6) is 0 Å². The van der Waals surface area contributed by atoms with E-state index in [1.54, 1.807) is 0 Å². The summed E-state index contributed by atoms with van der Waals surface area (Å²) < 4.78 is 38.0. The molecule has 22 heavy (non-hydrogen) atoms. The number of hydrogen-bond donors (Lipinski definition) is 2. The van der Waals surface area contributed by atoms with E-state index in [0.717, 1.165) is 18.8 Å². The molecule has 0 bridgehead atoms. The normalized spacial score (nSPS) is 22.8. The molecule has 1 aliphatic carbocycles. The van der Waals surface area contributed by atoms with Gasteiger partial charge in [0.1, 0.15) is 0 Å². The maximum absolute atomic E-state index is 12.7. The van der Waals surface area contributed by atoms with Crippen molar-refractivity contribution in [3.8, 4) is 0 Å². The van der Waals surface area contributed by atoms with E-state index in [1.165, 1.54) is 30.6 Å². The summed E-state index contributed by atoms with van der Waals surface area (Å²) in [5, 5.41) is 12.3. The van der Waals surface area contributed by atoms with Gasteiger partial charge in [-0.05, 0) is 18.8 Å². The highest BCUT2D eigenvalue weighted by molar-refractivity contribution is 5.74. The van der Waals surface area contributed by atoms with Gasteiger partial charge in [0.05, 0.1) is 0 Å². The van der Waals surface area contributed by atoms with Crippen molar-refractivity contribution >= 4 is 6.03 Å². The molecule has 7 heteroatoms. The van der Waals surface area contributed by atoms with Crippen LogP contribution in [0.25, 0.3) is 0 Å². The molecule has 2 rings (SSSR count). The zero-order chi connectivity index (χ0) is 16.2. The lowest BCUT2D eigenvalue weighted by Crippen LogP contribution is -2.55. The number of amides is 2. The molecule has 1 saturated heterocycles. The average molecular weight is 322 g/mol. The first-order valence-corrected chi connectivity index (χ1v) is 8.14. The van der Waals surface area contributed by atoms with Crippen molar-refractivity contribution in [1.29, 1.82) is 0 Å². The van der Waals surface area contributed by atoms with Gasteiger partial charge in [-0.25, -0.2) is 4.79 Å². The van der Waals surface area contributed by atoms with Gasteiger partial charge in [-0.1, -0.05) is 25.7 Å². The van der Waals surface area contributed by atoms with E-state index in [9.17, 15) is 23.1 Å². The predicted octanol–water partition coefficient (Wildman–Crippen LogP) is 3.06. The molecular weight excluding hydrogens is 297 g/mol. The molecule has 0 aromatic carbocycles. The smallest absolute Gasteiger partial charge is 0.380 e. The first-order valence-electron chi connectivity index (χ1n) is 8.14. The average Bonchev–Trinajstić information content (AvgIpc) is 2.96. The number of likely N-dealkylation sites (tertiary alicyclic amines) is 1. The largest absolute Gasteiger partial charge is 0.417 e. The number of aliphatic hydroxyl groups is 1. The molecular formula is C15H25F3N2O2. The van der Waals surface area contributed by atoms with Crippen molar-refractivity contribution < 1.29 is 23.1 Å². The van der Waals surface area contributed by atoms with Gasteiger partial charge in [0.15, 0.2) is 5.60 Å². The third-order valence-electron chi connectivity index (χ3n) is 4.95. The van der Waals surface area contributed by atoms with Crippen LogP contribution in [0.2, 0.25) is 0 Å². The van der Waals surface area contributed by atoms with Crippen molar-refractivity contribution in [2.45, 2.75) is 63.1 Å². The fourth-order valence-electron chi connectivity index (χ4n) is 3.36. The highest BCUT2D eigenvalue weighted by Crippen LogP contribution is 2.38. The molecule has 0 radical (unpaired) electrons. The summed E-state index contributed by atoms with van der Waals surface area (Å²) in [5.41, 5.74) is -2.65. The number of nitrogens with one attached hydrogen (secondary N) is 1. The zero-order valence-electron chi connectivity index (χ0n) is 12.8. The summed E-state index contributed by atoms with van der Waals surface area (Å²) in [4.78, 5) is 13.3. The SMILES string of the molecule is O=C(NCCCC1CCCC1)N1CCC(O)(C(F)(F)F)CC1. The van der Waals surface area contributed by atoms with Gasteiger partial charge < -0.3 is 15.3 Å². The first-order chi connectivity index (χ1) is 10.3. The molecule has 1 heterocycles. The molecule has 1 saturated carbocycles. The van der Waals surface area contributed by atoms with Crippen LogP contribution in [0.1, 0.15) is 51.4 Å². The molecule has 2 amide bonds. The molecule has 0 aromatic heterocycles. The fourth-order valence-corrected chi connectivity index (χ4v) is 3.36. The number of carbonyl (C=O) groups is 1. The molecule has 0 spiro atoms. The minimum Gasteiger partial charge on any atom is -0.380 e. The molecule has 0 aromatic rings. The zero-order valence-corrected chi connectivity index (χ0v) is 12.8. The minimum absolute atomic E-state index is 0.0650. The van der Waals surface area contributed by atoms with Crippen molar-refractivity contribution in [1.82, 2.24) is 10.2 Å². The highest BCUT2D eigenvalue weighted by Gasteiger charge is 2.54. The van der Waals surface area contributed by atoms with Crippen molar-refractivity contribution in [2.75, 3.05) is 19.6 Å². The summed E-state index contributed by atoms with van der Waals surface area (Å²) in [6.45, 7) is 0.435. The third-order valence-corrected chi connectivity index (χ3v) is 4.95. The Kier molecular flexibility index (Phi) is 5.58. The number of halogens is 3. The number of urea groups is 1. The molecule has 4 nitrogen and oxygen atoms in total. The van der Waals surface area contributed by atoms with E-state index in [2.05, 4.69) is 5.32 Å². The van der Waals surface area contributed by atoms with E-state index in [4.69, 9.17) is 0 Å². The molecule has 2 N–H and O–H groups in total. The lowest BCUT2D eigenvalue weighted by molar-refractivity contribution is -0.271. The van der Waals surface area contributed by atoms with Crippen LogP contribution in [-0.4, -0.2) is 47.4 Å². The van der Waals surface area contributed by atoms with E-state index < -0.39 is 24.6 Å². The van der Waals surface area contributed by atoms with Gasteiger partial charge in [0.2, 0.25) is 0 Å². The van der Waals surface area contributed by atoms with E-state index in [-0.39, 0.29) is 19.1 Å². The Balaban J connectivity index is 1.64. The van der Waals surface area contributed by atoms with Gasteiger partial charge in [0, 0.05) is 32.5 Å². The molecule has 0 atom stereocenters. The topological polar surface area (TPSA) is 52.6 Å². The second-order valence-corrected chi connectivity index (χ2v) is 6.54. The summed E-state index contributed by atoms with van der Waals surface area (Å²) in [6.07, 6.45) is 1.63. The van der Waals surface area contributed by atoms with Crippen molar-refractivity contribution in [3.63, 3.8) is 0 Å². The Morgan fingerprint density at radius 3 is 2.36 bits per heavy atom. The van der Waals surface area contributed by atoms with Crippen LogP contribution in [0.15, 0.2) is 0 Å². The second-order valence-electron chi connectivity index (χ2n) is 6.54. The third kappa shape index (κ3) is 4.27. The van der Waals surface area contributed by atoms with Crippen molar-refractivity contribution in [2.24, 2.45) is 5.92 Å². The number of piperidine rings is 1. The minimum atomic E-state index is -4.63. The standard InChI is InChI=1S/C15H25F3N2O2/c16-15(17,18)14(22)7-10-20(11-8-14)13(21)19-9-3-6-12-4-1-2-5-12/h12,22H,1-11H2,(H,19,21). The Bertz CT molecular complexity index is 373. The molecule has 1 aliphatic heterocycles. The molecule has 2 fully saturated rings. The maximum atomic E-state index is 12.7. The Labute approximate surface area is 129 Å². The monoisotopic (exact) mass is 322 g/mol. The van der Waals surface area contributed by atoms with Crippen LogP contribution < -0.4 is 5.32 Å². The number of nitrogens with zero attached hydrogens (tertiary/aromatic N) is 1. The maximum Gasteiger partial charge on any atom is 0.417 e. The number of hydrogen-bond acceptors (Lipinski definition) is 2. The lowest BCUT2D eigenvalue weighted by atomic mass is 9.91. The van der Waals surface area contributed by atoms with Gasteiger partial charge in [-0.15, -0.1) is 0 Å². The van der Waals surface area contributed by atoms with Gasteiger partial charge in [-0.3, -0.25) is 0 Å². The summed E-state index contributed by atoms with van der Waals surface area (Å²) >= 11 is 0. The van der Waals surface area contributed by atoms with Crippen molar-refractivity contribution in [3.05, 3.63) is 0 Å². The summed E-state index contributed by atoms with van der Waals surface area (Å²) in [5.74, 6) is 0.772. The van der Waals surface area contributed by atoms with Crippen LogP contribution in [0.4, 0.5) is 18.0 Å². The van der Waals surface area contributed by atoms with Crippen LogP contribution in [0, 0.1) is 5.92 Å². The summed E-state index contributed by atoms with van der Waals surface area (Å²) in [7, 11) is 0. The number of alkyl halides is 3. The Hall–Kier alpha value is -0.980. The Morgan fingerprint density at radius 1 is 1.23 bits per heavy atom. The van der Waals surface area contributed by atoms with Gasteiger partial charge >= 0.3 is 12.2 Å². The Morgan fingerprint density at radius 2 is 1.82 bits per heavy atom. The highest BCUT2D eigenvalue weighted by atomic mass is 19.4. The molecule has 0 unspecified atom stereocenters. The predicted molar refractivity (Wildman–Crippen MR) is 76.4 cm³/mol. The van der Waals surface area contributed by atoms with Crippen LogP contribution in [-0.2, 0) is 0 Å². The lowest BCUT2D eigenvalue weighted by Gasteiger charge is -2.39. The van der Waals surface area contributed by atoms with E-state index in [0.29, 0.717) is 6.54 Å². The fraction of sp³-hybridized carbons (Fsp3) is 0.933. The van der Waals surface area contributed by atoms with Crippen LogP contribution in [0.3, 0.4) is 0 Å². The molecule has 2 aliphatic rings. The number of carbonyl (C=O) groups excluding carboxylic acids is 1. The van der Waals surface area contributed by atoms with Gasteiger partial charge in [0.25, 0.3) is 0 Å².